The first-order valence-electron chi connectivity index (χ1n) is 13.7. The Morgan fingerprint density at radius 2 is 1.54 bits per heavy atom. The number of nitrogens with one attached hydrogen (secondary N) is 2. The van der Waals surface area contributed by atoms with Crippen molar-refractivity contribution in [2.75, 3.05) is 13.1 Å². The van der Waals surface area contributed by atoms with E-state index in [9.17, 15) is 24.3 Å². The normalized spacial score (nSPS) is 16.7. The Balaban J connectivity index is 1.71. The molecule has 2 aromatic rings. The fourth-order valence-electron chi connectivity index (χ4n) is 4.82. The number of benzene rings is 2. The molecule has 9 N–H and O–H groups in total. The highest BCUT2D eigenvalue weighted by Crippen LogP contribution is 2.20. The number of amides is 3. The van der Waals surface area contributed by atoms with Crippen molar-refractivity contribution >= 4 is 29.7 Å². The fourth-order valence-corrected chi connectivity index (χ4v) is 4.82. The lowest BCUT2D eigenvalue weighted by atomic mass is 10.0. The summed E-state index contributed by atoms with van der Waals surface area (Å²) in [4.78, 5) is 57.1. The van der Waals surface area contributed by atoms with Crippen molar-refractivity contribution in [1.29, 1.82) is 0 Å². The molecule has 1 fully saturated rings. The predicted molar refractivity (Wildman–Crippen MR) is 154 cm³/mol. The predicted octanol–water partition coefficient (Wildman–Crippen LogP) is -0.102. The molecule has 0 spiro atoms. The van der Waals surface area contributed by atoms with E-state index in [2.05, 4.69) is 15.6 Å². The van der Waals surface area contributed by atoms with E-state index in [1.807, 2.05) is 60.7 Å². The number of nitrogens with two attached hydrogens (primary N) is 3. The van der Waals surface area contributed by atoms with Gasteiger partial charge in [0.05, 0.1) is 6.04 Å². The molecule has 2 aromatic carbocycles. The van der Waals surface area contributed by atoms with Crippen LogP contribution in [-0.4, -0.2) is 76.9 Å². The second-order valence-corrected chi connectivity index (χ2v) is 10.1. The first kappa shape index (κ1) is 31.1. The molecule has 1 aliphatic heterocycles. The van der Waals surface area contributed by atoms with E-state index in [1.54, 1.807) is 0 Å². The number of aliphatic carboxylic acids is 1. The van der Waals surface area contributed by atoms with Crippen molar-refractivity contribution in [2.45, 2.75) is 62.7 Å². The molecule has 12 heteroatoms. The SMILES string of the molecule is NC(N)=NCCCC(NC(=O)C1CCCN1C(=O)C(Cc1ccccc1)NC(=O)C(N)Cc1ccccc1)C(=O)O. The largest absolute Gasteiger partial charge is 0.480 e. The molecule has 220 valence electrons. The minimum absolute atomic E-state index is 0.0980. The zero-order chi connectivity index (χ0) is 29.8. The Labute approximate surface area is 239 Å². The van der Waals surface area contributed by atoms with E-state index < -0.39 is 47.9 Å². The maximum absolute atomic E-state index is 13.8. The zero-order valence-corrected chi connectivity index (χ0v) is 22.9. The number of carbonyl (C=O) groups is 4. The number of likely N-dealkylation sites (tertiary alicyclic amines) is 1. The number of carboxylic acids is 1. The third-order valence-electron chi connectivity index (χ3n) is 6.93. The minimum Gasteiger partial charge on any atom is -0.480 e. The van der Waals surface area contributed by atoms with Crippen LogP contribution in [0, 0.1) is 0 Å². The summed E-state index contributed by atoms with van der Waals surface area (Å²) in [5.41, 5.74) is 18.5. The van der Waals surface area contributed by atoms with Gasteiger partial charge in [-0.1, -0.05) is 60.7 Å². The Morgan fingerprint density at radius 1 is 0.927 bits per heavy atom. The monoisotopic (exact) mass is 565 g/mol. The van der Waals surface area contributed by atoms with Crippen LogP contribution in [0.1, 0.15) is 36.8 Å². The van der Waals surface area contributed by atoms with Crippen LogP contribution in [0.15, 0.2) is 65.7 Å². The van der Waals surface area contributed by atoms with Crippen LogP contribution in [0.5, 0.6) is 0 Å². The van der Waals surface area contributed by atoms with E-state index in [1.165, 1.54) is 4.90 Å². The second kappa shape index (κ2) is 15.4. The van der Waals surface area contributed by atoms with Crippen LogP contribution in [0.4, 0.5) is 0 Å². The van der Waals surface area contributed by atoms with Crippen molar-refractivity contribution in [3.63, 3.8) is 0 Å². The highest BCUT2D eigenvalue weighted by Gasteiger charge is 2.39. The van der Waals surface area contributed by atoms with Gasteiger partial charge < -0.3 is 37.8 Å². The van der Waals surface area contributed by atoms with Crippen LogP contribution in [-0.2, 0) is 32.0 Å². The van der Waals surface area contributed by atoms with Crippen molar-refractivity contribution in [1.82, 2.24) is 15.5 Å². The van der Waals surface area contributed by atoms with Crippen LogP contribution >= 0.6 is 0 Å². The summed E-state index contributed by atoms with van der Waals surface area (Å²) in [7, 11) is 0. The summed E-state index contributed by atoms with van der Waals surface area (Å²) >= 11 is 0. The van der Waals surface area contributed by atoms with E-state index in [4.69, 9.17) is 17.2 Å². The quantitative estimate of drug-likeness (QED) is 0.103. The Hall–Kier alpha value is -4.45. The van der Waals surface area contributed by atoms with Crippen molar-refractivity contribution in [3.8, 4) is 0 Å². The van der Waals surface area contributed by atoms with Gasteiger partial charge >= 0.3 is 5.97 Å². The Kier molecular flexibility index (Phi) is 11.6. The topological polar surface area (TPSA) is 206 Å². The van der Waals surface area contributed by atoms with E-state index >= 15 is 0 Å². The molecule has 0 aromatic heterocycles. The number of carboxylic acid groups (broad SMARTS) is 1. The summed E-state index contributed by atoms with van der Waals surface area (Å²) in [6.07, 6.45) is 1.90. The lowest BCUT2D eigenvalue weighted by Crippen LogP contribution is -2.57. The van der Waals surface area contributed by atoms with Gasteiger partial charge in [0.15, 0.2) is 5.96 Å². The Morgan fingerprint density at radius 3 is 2.12 bits per heavy atom. The van der Waals surface area contributed by atoms with Gasteiger partial charge in [0.25, 0.3) is 0 Å². The zero-order valence-electron chi connectivity index (χ0n) is 22.9. The van der Waals surface area contributed by atoms with E-state index in [-0.39, 0.29) is 25.3 Å². The third-order valence-corrected chi connectivity index (χ3v) is 6.93. The van der Waals surface area contributed by atoms with Gasteiger partial charge in [-0.15, -0.1) is 0 Å². The van der Waals surface area contributed by atoms with Gasteiger partial charge in [0.1, 0.15) is 18.1 Å². The maximum atomic E-state index is 13.8. The molecule has 4 unspecified atom stereocenters. The molecule has 1 aliphatic rings. The molecule has 12 nitrogen and oxygen atoms in total. The lowest BCUT2D eigenvalue weighted by Gasteiger charge is -2.30. The molecule has 41 heavy (non-hydrogen) atoms. The smallest absolute Gasteiger partial charge is 0.326 e. The second-order valence-electron chi connectivity index (χ2n) is 10.1. The molecule has 3 amide bonds. The summed E-state index contributed by atoms with van der Waals surface area (Å²) in [6, 6.07) is 14.7. The van der Waals surface area contributed by atoms with Gasteiger partial charge in [0.2, 0.25) is 17.7 Å². The van der Waals surface area contributed by atoms with Gasteiger partial charge in [0, 0.05) is 19.5 Å². The van der Waals surface area contributed by atoms with Crippen molar-refractivity contribution < 1.29 is 24.3 Å². The standard InChI is InChI=1S/C29H39N7O5/c30-21(17-19-9-3-1-4-10-19)25(37)35-23(18-20-11-5-2-6-12-20)27(39)36-16-8-14-24(36)26(38)34-22(28(40)41)13-7-15-33-29(31)32/h1-6,9-12,21-24H,7-8,13-18,30H2,(H,34,38)(H,35,37)(H,40,41)(H4,31,32,33). The van der Waals surface area contributed by atoms with Gasteiger partial charge in [-0.25, -0.2) is 4.79 Å². The van der Waals surface area contributed by atoms with Crippen molar-refractivity contribution in [2.24, 2.45) is 22.2 Å². The summed E-state index contributed by atoms with van der Waals surface area (Å²) < 4.78 is 0. The molecule has 4 atom stereocenters. The molecule has 0 saturated carbocycles. The van der Waals surface area contributed by atoms with Gasteiger partial charge in [-0.2, -0.15) is 0 Å². The number of hydrogen-bond acceptors (Lipinski definition) is 6. The average molecular weight is 566 g/mol. The molecule has 1 saturated heterocycles. The Bertz CT molecular complexity index is 1200. The molecule has 3 rings (SSSR count). The van der Waals surface area contributed by atoms with Crippen LogP contribution in [0.25, 0.3) is 0 Å². The molecule has 1 heterocycles. The lowest BCUT2D eigenvalue weighted by molar-refractivity contribution is -0.145. The highest BCUT2D eigenvalue weighted by atomic mass is 16.4. The summed E-state index contributed by atoms with van der Waals surface area (Å²) in [5.74, 6) is -2.75. The maximum Gasteiger partial charge on any atom is 0.326 e. The first-order chi connectivity index (χ1) is 19.7. The van der Waals surface area contributed by atoms with Gasteiger partial charge in [-0.05, 0) is 43.2 Å². The summed E-state index contributed by atoms with van der Waals surface area (Å²) in [6.45, 7) is 0.527. The number of nitrogens with zero attached hydrogens (tertiary/aromatic N) is 2. The van der Waals surface area contributed by atoms with Crippen LogP contribution in [0.3, 0.4) is 0 Å². The molecule has 0 radical (unpaired) electrons. The molecule has 0 bridgehead atoms. The molecular formula is C29H39N7O5. The number of aliphatic imine (C=N–C) groups is 1. The molecular weight excluding hydrogens is 526 g/mol. The number of rotatable bonds is 14. The third kappa shape index (κ3) is 9.60. The van der Waals surface area contributed by atoms with Crippen LogP contribution in [0.2, 0.25) is 0 Å². The van der Waals surface area contributed by atoms with E-state index in [0.29, 0.717) is 32.2 Å². The van der Waals surface area contributed by atoms with Crippen molar-refractivity contribution in [3.05, 3.63) is 71.8 Å². The number of carbonyl (C=O) groups excluding carboxylic acids is 3. The minimum atomic E-state index is -1.19. The highest BCUT2D eigenvalue weighted by molar-refractivity contribution is 5.94. The first-order valence-corrected chi connectivity index (χ1v) is 13.7. The number of hydrogen-bond donors (Lipinski definition) is 6. The van der Waals surface area contributed by atoms with Gasteiger partial charge in [-0.3, -0.25) is 19.4 Å². The fraction of sp³-hybridized carbons (Fsp3) is 0.414. The average Bonchev–Trinajstić information content (AvgIpc) is 3.45. The summed E-state index contributed by atoms with van der Waals surface area (Å²) in [5, 5.41) is 15.0. The van der Waals surface area contributed by atoms with Crippen LogP contribution < -0.4 is 27.8 Å². The number of guanidine groups is 1. The van der Waals surface area contributed by atoms with E-state index in [0.717, 1.165) is 11.1 Å². The molecule has 0 aliphatic carbocycles.